The molecule has 0 spiro atoms. The standard InChI is InChI=1S/C17H13ClN2O2S/c1-10-6-8-11(9-7-10)19-16(21)14(18)15-17(22)20-12-4-2-3-5-13(12)23-15/h2-9H,1H3,(H,19,21)(H,20,22). The van der Waals surface area contributed by atoms with Crippen molar-refractivity contribution in [1.82, 2.24) is 0 Å². The number of fused-ring (bicyclic) bond motifs is 1. The first kappa shape index (κ1) is 15.6. The Morgan fingerprint density at radius 3 is 2.57 bits per heavy atom. The van der Waals surface area contributed by atoms with E-state index in [9.17, 15) is 9.59 Å². The zero-order chi connectivity index (χ0) is 16.4. The number of aryl methyl sites for hydroxylation is 1. The number of thioether (sulfide) groups is 1. The van der Waals surface area contributed by atoms with Crippen LogP contribution >= 0.6 is 23.4 Å². The van der Waals surface area contributed by atoms with Crippen LogP contribution < -0.4 is 10.6 Å². The second kappa shape index (κ2) is 6.48. The Kier molecular flexibility index (Phi) is 4.41. The summed E-state index contributed by atoms with van der Waals surface area (Å²) in [6, 6.07) is 14.7. The minimum atomic E-state index is -0.507. The van der Waals surface area contributed by atoms with Crippen LogP contribution in [-0.2, 0) is 9.59 Å². The molecule has 1 aliphatic heterocycles. The number of hydrogen-bond donors (Lipinski definition) is 2. The molecule has 0 aliphatic carbocycles. The lowest BCUT2D eigenvalue weighted by molar-refractivity contribution is -0.114. The summed E-state index contributed by atoms with van der Waals surface area (Å²) in [7, 11) is 0. The molecular weight excluding hydrogens is 332 g/mol. The molecule has 0 fully saturated rings. The third-order valence-corrected chi connectivity index (χ3v) is 4.90. The summed E-state index contributed by atoms with van der Waals surface area (Å²) in [5, 5.41) is 5.30. The van der Waals surface area contributed by atoms with Crippen molar-refractivity contribution in [3.8, 4) is 0 Å². The molecule has 0 aromatic heterocycles. The second-order valence-electron chi connectivity index (χ2n) is 5.02. The first-order chi connectivity index (χ1) is 11.0. The number of amides is 2. The summed E-state index contributed by atoms with van der Waals surface area (Å²) in [5.41, 5.74) is 2.43. The highest BCUT2D eigenvalue weighted by molar-refractivity contribution is 8.04. The van der Waals surface area contributed by atoms with Crippen LogP contribution in [0, 0.1) is 6.92 Å². The summed E-state index contributed by atoms with van der Waals surface area (Å²) in [4.78, 5) is 25.4. The van der Waals surface area contributed by atoms with Crippen molar-refractivity contribution in [1.29, 1.82) is 0 Å². The van der Waals surface area contributed by atoms with Crippen LogP contribution in [0.5, 0.6) is 0 Å². The molecule has 1 heterocycles. The van der Waals surface area contributed by atoms with Crippen molar-refractivity contribution in [3.05, 3.63) is 64.0 Å². The number of carbonyl (C=O) groups excluding carboxylic acids is 2. The van der Waals surface area contributed by atoms with Crippen LogP contribution in [0.3, 0.4) is 0 Å². The average molecular weight is 345 g/mol. The molecule has 0 unspecified atom stereocenters. The number of carbonyl (C=O) groups is 2. The number of para-hydroxylation sites is 1. The van der Waals surface area contributed by atoms with E-state index in [4.69, 9.17) is 11.6 Å². The van der Waals surface area contributed by atoms with Crippen LogP contribution in [0.15, 0.2) is 63.4 Å². The van der Waals surface area contributed by atoms with Crippen LogP contribution in [-0.4, -0.2) is 11.8 Å². The first-order valence-corrected chi connectivity index (χ1v) is 8.10. The van der Waals surface area contributed by atoms with Crippen molar-refractivity contribution in [3.63, 3.8) is 0 Å². The average Bonchev–Trinajstić information content (AvgIpc) is 2.55. The predicted octanol–water partition coefficient (Wildman–Crippen LogP) is 4.13. The first-order valence-electron chi connectivity index (χ1n) is 6.90. The fourth-order valence-electron chi connectivity index (χ4n) is 2.06. The number of anilines is 2. The summed E-state index contributed by atoms with van der Waals surface area (Å²) in [5.74, 6) is -0.884. The number of benzene rings is 2. The van der Waals surface area contributed by atoms with Gasteiger partial charge in [0.05, 0.1) is 5.69 Å². The summed E-state index contributed by atoms with van der Waals surface area (Å²) in [6.07, 6.45) is 0. The number of halogens is 1. The predicted molar refractivity (Wildman–Crippen MR) is 93.6 cm³/mol. The molecule has 0 saturated heterocycles. The van der Waals surface area contributed by atoms with Crippen LogP contribution in [0.4, 0.5) is 11.4 Å². The van der Waals surface area contributed by atoms with E-state index >= 15 is 0 Å². The molecule has 0 saturated carbocycles. The second-order valence-corrected chi connectivity index (χ2v) is 6.45. The highest BCUT2D eigenvalue weighted by atomic mass is 35.5. The topological polar surface area (TPSA) is 58.2 Å². The van der Waals surface area contributed by atoms with E-state index < -0.39 is 5.91 Å². The lowest BCUT2D eigenvalue weighted by atomic mass is 10.2. The molecule has 2 amide bonds. The molecule has 0 atom stereocenters. The Morgan fingerprint density at radius 1 is 1.13 bits per heavy atom. The van der Waals surface area contributed by atoms with Gasteiger partial charge in [-0.3, -0.25) is 9.59 Å². The van der Waals surface area contributed by atoms with E-state index in [0.717, 1.165) is 16.1 Å². The Bertz CT molecular complexity index is 816. The van der Waals surface area contributed by atoms with Crippen LogP contribution in [0.2, 0.25) is 0 Å². The maximum Gasteiger partial charge on any atom is 0.268 e. The lowest BCUT2D eigenvalue weighted by Crippen LogP contribution is -2.21. The zero-order valence-electron chi connectivity index (χ0n) is 12.2. The van der Waals surface area contributed by atoms with Gasteiger partial charge in [0.25, 0.3) is 11.8 Å². The highest BCUT2D eigenvalue weighted by Crippen LogP contribution is 2.40. The van der Waals surface area contributed by atoms with Gasteiger partial charge >= 0.3 is 0 Å². The van der Waals surface area contributed by atoms with Crippen molar-refractivity contribution < 1.29 is 9.59 Å². The van der Waals surface area contributed by atoms with E-state index in [-0.39, 0.29) is 15.8 Å². The molecule has 0 radical (unpaired) electrons. The Labute approximate surface area is 142 Å². The molecule has 3 rings (SSSR count). The Balaban J connectivity index is 1.84. The Morgan fingerprint density at radius 2 is 1.83 bits per heavy atom. The molecule has 2 N–H and O–H groups in total. The van der Waals surface area contributed by atoms with Crippen molar-refractivity contribution in [2.24, 2.45) is 0 Å². The van der Waals surface area contributed by atoms with Crippen molar-refractivity contribution in [2.45, 2.75) is 11.8 Å². The van der Waals surface area contributed by atoms with Gasteiger partial charge in [-0.05, 0) is 31.2 Å². The maximum absolute atomic E-state index is 12.3. The molecule has 4 nitrogen and oxygen atoms in total. The van der Waals surface area contributed by atoms with Gasteiger partial charge in [-0.25, -0.2) is 0 Å². The van der Waals surface area contributed by atoms with Crippen molar-refractivity contribution in [2.75, 3.05) is 10.6 Å². The van der Waals surface area contributed by atoms with Crippen LogP contribution in [0.25, 0.3) is 0 Å². The fraction of sp³-hybridized carbons (Fsp3) is 0.0588. The van der Waals surface area contributed by atoms with Gasteiger partial charge in [0, 0.05) is 10.6 Å². The van der Waals surface area contributed by atoms with Gasteiger partial charge in [0.1, 0.15) is 9.94 Å². The number of nitrogens with one attached hydrogen (secondary N) is 2. The number of rotatable bonds is 2. The van der Waals surface area contributed by atoms with E-state index in [1.165, 1.54) is 11.8 Å². The fourth-order valence-corrected chi connectivity index (χ4v) is 3.24. The van der Waals surface area contributed by atoms with Crippen LogP contribution in [0.1, 0.15) is 5.56 Å². The monoisotopic (exact) mass is 344 g/mol. The minimum absolute atomic E-state index is 0.123. The number of hydrogen-bond acceptors (Lipinski definition) is 3. The molecule has 0 bridgehead atoms. The van der Waals surface area contributed by atoms with E-state index in [2.05, 4.69) is 10.6 Å². The molecule has 6 heteroatoms. The minimum Gasteiger partial charge on any atom is -0.321 e. The van der Waals surface area contributed by atoms with Crippen molar-refractivity contribution >= 4 is 46.6 Å². The van der Waals surface area contributed by atoms with Gasteiger partial charge in [-0.1, -0.05) is 53.2 Å². The largest absolute Gasteiger partial charge is 0.321 e. The third kappa shape index (κ3) is 3.41. The molecule has 116 valence electrons. The lowest BCUT2D eigenvalue weighted by Gasteiger charge is -2.19. The smallest absolute Gasteiger partial charge is 0.268 e. The third-order valence-electron chi connectivity index (χ3n) is 3.26. The maximum atomic E-state index is 12.3. The van der Waals surface area contributed by atoms with E-state index in [1.54, 1.807) is 18.2 Å². The normalized spacial score (nSPS) is 15.5. The van der Waals surface area contributed by atoms with E-state index in [0.29, 0.717) is 5.69 Å². The molecule has 1 aliphatic rings. The molecule has 2 aromatic rings. The van der Waals surface area contributed by atoms with Gasteiger partial charge in [-0.2, -0.15) is 0 Å². The van der Waals surface area contributed by atoms with E-state index in [1.807, 2.05) is 37.3 Å². The van der Waals surface area contributed by atoms with Gasteiger partial charge < -0.3 is 10.6 Å². The summed E-state index contributed by atoms with van der Waals surface area (Å²) < 4.78 is 0. The highest BCUT2D eigenvalue weighted by Gasteiger charge is 2.26. The SMILES string of the molecule is Cc1ccc(NC(=O)C(Cl)=C2Sc3ccccc3NC2=O)cc1. The van der Waals surface area contributed by atoms with Gasteiger partial charge in [-0.15, -0.1) is 0 Å². The molecular formula is C17H13ClN2O2S. The van der Waals surface area contributed by atoms with Gasteiger partial charge in [0.15, 0.2) is 0 Å². The molecule has 23 heavy (non-hydrogen) atoms. The summed E-state index contributed by atoms with van der Waals surface area (Å²) in [6.45, 7) is 1.96. The Hall–Kier alpha value is -2.24. The van der Waals surface area contributed by atoms with Gasteiger partial charge in [0.2, 0.25) is 0 Å². The molecule has 2 aromatic carbocycles. The quantitative estimate of drug-likeness (QED) is 0.805. The summed E-state index contributed by atoms with van der Waals surface area (Å²) >= 11 is 7.33. The zero-order valence-corrected chi connectivity index (χ0v) is 13.8.